The van der Waals surface area contributed by atoms with Crippen LogP contribution in [0.4, 0.5) is 0 Å². The molecule has 11 nitrogen and oxygen atoms in total. The number of carbonyl (C=O) groups is 2. The lowest BCUT2D eigenvalue weighted by atomic mass is 10.1. The van der Waals surface area contributed by atoms with Gasteiger partial charge in [-0.2, -0.15) is 0 Å². The zero-order valence-electron chi connectivity index (χ0n) is 18.5. The minimum absolute atomic E-state index is 0. The third kappa shape index (κ3) is 8.54. The smallest absolute Gasteiger partial charge is 0.343 e. The average Bonchev–Trinajstić information content (AvgIpc) is 2.81. The largest absolute Gasteiger partial charge is 0.478 e. The molecule has 0 spiro atoms. The lowest BCUT2D eigenvalue weighted by molar-refractivity contribution is -0.144. The van der Waals surface area contributed by atoms with Gasteiger partial charge < -0.3 is 24.7 Å². The second kappa shape index (κ2) is 13.4. The van der Waals surface area contributed by atoms with Gasteiger partial charge in [-0.25, -0.2) is 22.7 Å². The fraction of sp³-hybridized carbons (Fsp3) is 0.286. The van der Waals surface area contributed by atoms with Crippen molar-refractivity contribution in [3.63, 3.8) is 0 Å². The van der Waals surface area contributed by atoms with Crippen molar-refractivity contribution in [3.05, 3.63) is 53.6 Å². The van der Waals surface area contributed by atoms with Crippen molar-refractivity contribution in [2.24, 2.45) is 5.73 Å². The van der Waals surface area contributed by atoms with Crippen molar-refractivity contribution in [2.75, 3.05) is 34.0 Å². The third-order valence-electron chi connectivity index (χ3n) is 4.34. The van der Waals surface area contributed by atoms with Gasteiger partial charge in [0.25, 0.3) is 0 Å². The molecule has 0 fully saturated rings. The van der Waals surface area contributed by atoms with Crippen LogP contribution in [-0.4, -0.2) is 60.2 Å². The molecule has 0 amide bonds. The van der Waals surface area contributed by atoms with Gasteiger partial charge >= 0.3 is 11.9 Å². The number of amidine groups is 1. The molecule has 13 heteroatoms. The summed E-state index contributed by atoms with van der Waals surface area (Å²) in [4.78, 5) is 22.8. The lowest BCUT2D eigenvalue weighted by Gasteiger charge is -2.13. The number of rotatable bonds is 12. The van der Waals surface area contributed by atoms with Crippen LogP contribution >= 0.6 is 12.4 Å². The SMILES string of the molecule is COC(=O)COc1ccc(CCNS(=O)(=O)c2ccc(C(=N)N)cc2)cc1OCC(=O)OC.Cl. The van der Waals surface area contributed by atoms with Crippen LogP contribution in [0.2, 0.25) is 0 Å². The van der Waals surface area contributed by atoms with E-state index in [1.54, 1.807) is 18.2 Å². The summed E-state index contributed by atoms with van der Waals surface area (Å²) >= 11 is 0. The number of nitrogen functional groups attached to an aromatic ring is 1. The zero-order chi connectivity index (χ0) is 24.4. The molecule has 0 bridgehead atoms. The first-order chi connectivity index (χ1) is 15.7. The van der Waals surface area contributed by atoms with Crippen molar-refractivity contribution in [1.29, 1.82) is 5.41 Å². The number of nitrogens with one attached hydrogen (secondary N) is 2. The Labute approximate surface area is 203 Å². The van der Waals surface area contributed by atoms with E-state index in [1.807, 2.05) is 0 Å². The molecular formula is C21H26ClN3O8S. The number of benzene rings is 2. The number of halogens is 1. The third-order valence-corrected chi connectivity index (χ3v) is 5.81. The van der Waals surface area contributed by atoms with Crippen molar-refractivity contribution in [1.82, 2.24) is 4.72 Å². The molecule has 2 aromatic rings. The number of nitrogens with two attached hydrogens (primary N) is 1. The van der Waals surface area contributed by atoms with Crippen molar-refractivity contribution in [3.8, 4) is 11.5 Å². The van der Waals surface area contributed by atoms with Crippen LogP contribution in [-0.2, 0) is 35.5 Å². The van der Waals surface area contributed by atoms with Gasteiger partial charge in [-0.15, -0.1) is 12.4 Å². The molecule has 0 saturated carbocycles. The Bertz CT molecular complexity index is 1110. The summed E-state index contributed by atoms with van der Waals surface area (Å²) in [6.07, 6.45) is 0.302. The minimum atomic E-state index is -3.77. The van der Waals surface area contributed by atoms with Crippen molar-refractivity contribution < 1.29 is 37.0 Å². The Kier molecular flexibility index (Phi) is 11.3. The van der Waals surface area contributed by atoms with Gasteiger partial charge in [-0.3, -0.25) is 5.41 Å². The molecule has 2 aromatic carbocycles. The lowest BCUT2D eigenvalue weighted by Crippen LogP contribution is -2.26. The molecule has 4 N–H and O–H groups in total. The highest BCUT2D eigenvalue weighted by molar-refractivity contribution is 7.89. The molecule has 0 aliphatic rings. The highest BCUT2D eigenvalue weighted by atomic mass is 35.5. The highest BCUT2D eigenvalue weighted by Crippen LogP contribution is 2.29. The van der Waals surface area contributed by atoms with Gasteiger partial charge in [-0.05, 0) is 48.4 Å². The number of methoxy groups -OCH3 is 2. The van der Waals surface area contributed by atoms with Crippen LogP contribution in [0.3, 0.4) is 0 Å². The predicted octanol–water partition coefficient (Wildman–Crippen LogP) is 1.02. The second-order valence-corrected chi connectivity index (χ2v) is 8.36. The molecule has 2 rings (SSSR count). The van der Waals surface area contributed by atoms with E-state index < -0.39 is 22.0 Å². The van der Waals surface area contributed by atoms with Crippen LogP contribution in [0.15, 0.2) is 47.4 Å². The van der Waals surface area contributed by atoms with E-state index in [2.05, 4.69) is 14.2 Å². The predicted molar refractivity (Wildman–Crippen MR) is 125 cm³/mol. The number of ether oxygens (including phenoxy) is 4. The Hall–Kier alpha value is -3.35. The summed E-state index contributed by atoms with van der Waals surface area (Å²) in [5, 5.41) is 7.37. The van der Waals surface area contributed by atoms with Crippen LogP contribution in [0, 0.1) is 5.41 Å². The molecule has 0 aromatic heterocycles. The molecule has 0 radical (unpaired) electrons. The molecule has 0 heterocycles. The maximum absolute atomic E-state index is 12.5. The van der Waals surface area contributed by atoms with Gasteiger partial charge in [-0.1, -0.05) is 6.07 Å². The molecule has 0 saturated heterocycles. The van der Waals surface area contributed by atoms with Crippen LogP contribution < -0.4 is 19.9 Å². The molecule has 0 aliphatic carbocycles. The van der Waals surface area contributed by atoms with E-state index in [4.69, 9.17) is 20.6 Å². The number of esters is 2. The Morgan fingerprint density at radius 3 is 2.03 bits per heavy atom. The van der Waals surface area contributed by atoms with Crippen molar-refractivity contribution in [2.45, 2.75) is 11.3 Å². The first-order valence-corrected chi connectivity index (χ1v) is 11.1. The fourth-order valence-electron chi connectivity index (χ4n) is 2.56. The maximum atomic E-state index is 12.5. The van der Waals surface area contributed by atoms with Gasteiger partial charge in [0.15, 0.2) is 24.7 Å². The number of carbonyl (C=O) groups excluding carboxylic acids is 2. The average molecular weight is 516 g/mol. The topological polar surface area (TPSA) is 167 Å². The van der Waals surface area contributed by atoms with Gasteiger partial charge in [0.05, 0.1) is 19.1 Å². The van der Waals surface area contributed by atoms with E-state index in [-0.39, 0.29) is 54.4 Å². The first-order valence-electron chi connectivity index (χ1n) is 9.62. The number of sulfonamides is 1. The highest BCUT2D eigenvalue weighted by Gasteiger charge is 2.15. The van der Waals surface area contributed by atoms with Gasteiger partial charge in [0, 0.05) is 12.1 Å². The number of hydrogen-bond donors (Lipinski definition) is 3. The number of hydrogen-bond acceptors (Lipinski definition) is 9. The summed E-state index contributed by atoms with van der Waals surface area (Å²) < 4.78 is 47.3. The van der Waals surface area contributed by atoms with Gasteiger partial charge in [0.1, 0.15) is 5.84 Å². The molecule has 0 unspecified atom stereocenters. The monoisotopic (exact) mass is 515 g/mol. The van der Waals surface area contributed by atoms with Gasteiger partial charge in [0.2, 0.25) is 10.0 Å². The van der Waals surface area contributed by atoms with Crippen LogP contribution in [0.1, 0.15) is 11.1 Å². The maximum Gasteiger partial charge on any atom is 0.343 e. The summed E-state index contributed by atoms with van der Waals surface area (Å²) in [5.41, 5.74) is 6.49. The molecule has 34 heavy (non-hydrogen) atoms. The van der Waals surface area contributed by atoms with E-state index in [1.165, 1.54) is 38.5 Å². The Balaban J connectivity index is 0.00000578. The molecular weight excluding hydrogens is 490 g/mol. The standard InChI is InChI=1S/C21H25N3O8S.ClH/c1-29-19(25)12-31-17-8-3-14(11-18(17)32-13-20(26)30-2)9-10-24-33(27,28)16-6-4-15(5-7-16)21(22)23;/h3-8,11,24H,9-10,12-13H2,1-2H3,(H3,22,23);1H. The van der Waals surface area contributed by atoms with Crippen LogP contribution in [0.5, 0.6) is 11.5 Å². The molecule has 0 atom stereocenters. The summed E-state index contributed by atoms with van der Waals surface area (Å²) in [6, 6.07) is 10.4. The zero-order valence-corrected chi connectivity index (χ0v) is 20.2. The summed E-state index contributed by atoms with van der Waals surface area (Å²) in [7, 11) is -1.32. The van der Waals surface area contributed by atoms with E-state index in [0.29, 0.717) is 17.5 Å². The molecule has 0 aliphatic heterocycles. The normalized spacial score (nSPS) is 10.5. The first kappa shape index (κ1) is 28.7. The molecule has 186 valence electrons. The summed E-state index contributed by atoms with van der Waals surface area (Å²) in [5.74, 6) is -0.966. The van der Waals surface area contributed by atoms with E-state index >= 15 is 0 Å². The van der Waals surface area contributed by atoms with Crippen LogP contribution in [0.25, 0.3) is 0 Å². The summed E-state index contributed by atoms with van der Waals surface area (Å²) in [6.45, 7) is -0.653. The Morgan fingerprint density at radius 2 is 1.50 bits per heavy atom. The van der Waals surface area contributed by atoms with E-state index in [9.17, 15) is 18.0 Å². The second-order valence-electron chi connectivity index (χ2n) is 6.60. The van der Waals surface area contributed by atoms with E-state index in [0.717, 1.165) is 0 Å². The Morgan fingerprint density at radius 1 is 0.941 bits per heavy atom. The minimum Gasteiger partial charge on any atom is -0.478 e. The van der Waals surface area contributed by atoms with Crippen molar-refractivity contribution >= 4 is 40.2 Å². The fourth-order valence-corrected chi connectivity index (χ4v) is 3.59. The quantitative estimate of drug-likeness (QED) is 0.212.